The number of hydrogen-bond acceptors (Lipinski definition) is 3. The van der Waals surface area contributed by atoms with Gasteiger partial charge in [-0.2, -0.15) is 0 Å². The molecule has 0 spiro atoms. The van der Waals surface area contributed by atoms with E-state index in [1.807, 2.05) is 0 Å². The van der Waals surface area contributed by atoms with Gasteiger partial charge in [0.05, 0.1) is 5.41 Å². The molecule has 1 aromatic rings. The Morgan fingerprint density at radius 3 is 2.58 bits per heavy atom. The van der Waals surface area contributed by atoms with Crippen molar-refractivity contribution in [3.8, 4) is 11.5 Å². The molecule has 0 saturated heterocycles. The van der Waals surface area contributed by atoms with Crippen LogP contribution in [0.3, 0.4) is 0 Å². The fraction of sp³-hybridized carbons (Fsp3) is 0.500. The van der Waals surface area contributed by atoms with E-state index in [1.54, 1.807) is 12.1 Å². The number of ether oxygens (including phenoxy) is 2. The molecule has 0 amide bonds. The van der Waals surface area contributed by atoms with Gasteiger partial charge in [0.1, 0.15) is 13.2 Å². The SMILES string of the molecule is O=C(O)C1(c2c(Cl)ccc3c2OCCO3)CCCC1. The van der Waals surface area contributed by atoms with Gasteiger partial charge in [-0.3, -0.25) is 4.79 Å². The van der Waals surface area contributed by atoms with E-state index in [9.17, 15) is 9.90 Å². The first kappa shape index (κ1) is 12.6. The Hall–Kier alpha value is -1.42. The van der Waals surface area contributed by atoms with Crippen LogP contribution in [-0.2, 0) is 10.2 Å². The summed E-state index contributed by atoms with van der Waals surface area (Å²) in [5, 5.41) is 10.1. The fourth-order valence-electron chi connectivity index (χ4n) is 3.09. The fourth-order valence-corrected chi connectivity index (χ4v) is 3.42. The molecule has 0 unspecified atom stereocenters. The van der Waals surface area contributed by atoms with Gasteiger partial charge in [-0.05, 0) is 25.0 Å². The molecule has 1 aliphatic carbocycles. The minimum atomic E-state index is -0.927. The zero-order valence-electron chi connectivity index (χ0n) is 10.4. The quantitative estimate of drug-likeness (QED) is 0.906. The van der Waals surface area contributed by atoms with E-state index in [2.05, 4.69) is 0 Å². The predicted octanol–water partition coefficient (Wildman–Crippen LogP) is 3.01. The Labute approximate surface area is 116 Å². The second kappa shape index (κ2) is 4.60. The van der Waals surface area contributed by atoms with Gasteiger partial charge in [-0.1, -0.05) is 24.4 Å². The van der Waals surface area contributed by atoms with Gasteiger partial charge in [0.25, 0.3) is 0 Å². The molecule has 19 heavy (non-hydrogen) atoms. The number of carbonyl (C=O) groups is 1. The standard InChI is InChI=1S/C14H15ClO4/c15-9-3-4-10-12(19-8-7-18-10)11(9)14(13(16)17)5-1-2-6-14/h3-4H,1-2,5-8H2,(H,16,17). The van der Waals surface area contributed by atoms with Crippen LogP contribution in [0.1, 0.15) is 31.2 Å². The molecule has 2 aliphatic rings. The van der Waals surface area contributed by atoms with E-state index in [4.69, 9.17) is 21.1 Å². The number of aliphatic carboxylic acids is 1. The molecule has 1 N–H and O–H groups in total. The van der Waals surface area contributed by atoms with Crippen molar-refractivity contribution in [2.24, 2.45) is 0 Å². The number of fused-ring (bicyclic) bond motifs is 1. The van der Waals surface area contributed by atoms with E-state index >= 15 is 0 Å². The average molecular weight is 283 g/mol. The topological polar surface area (TPSA) is 55.8 Å². The normalized spacial score (nSPS) is 20.3. The van der Waals surface area contributed by atoms with Crippen LogP contribution in [0.2, 0.25) is 5.02 Å². The molecule has 1 fully saturated rings. The van der Waals surface area contributed by atoms with Crippen LogP contribution >= 0.6 is 11.6 Å². The van der Waals surface area contributed by atoms with Gasteiger partial charge in [-0.25, -0.2) is 0 Å². The summed E-state index contributed by atoms with van der Waals surface area (Å²) in [6, 6.07) is 3.44. The maximum absolute atomic E-state index is 11.8. The molecule has 0 aromatic heterocycles. The molecule has 0 atom stereocenters. The van der Waals surface area contributed by atoms with Crippen molar-refractivity contribution in [3.05, 3.63) is 22.7 Å². The molecule has 0 bridgehead atoms. The summed E-state index contributed by atoms with van der Waals surface area (Å²) in [5.74, 6) is 0.288. The van der Waals surface area contributed by atoms with Gasteiger partial charge < -0.3 is 14.6 Å². The number of carboxylic acid groups (broad SMARTS) is 1. The van der Waals surface area contributed by atoms with Crippen molar-refractivity contribution < 1.29 is 19.4 Å². The maximum atomic E-state index is 11.8. The van der Waals surface area contributed by atoms with E-state index in [0.29, 0.717) is 48.1 Å². The number of rotatable bonds is 2. The molecule has 1 aliphatic heterocycles. The highest BCUT2D eigenvalue weighted by Gasteiger charge is 2.47. The van der Waals surface area contributed by atoms with Gasteiger partial charge in [-0.15, -0.1) is 0 Å². The minimum absolute atomic E-state index is 0.427. The van der Waals surface area contributed by atoms with Gasteiger partial charge in [0.15, 0.2) is 11.5 Å². The maximum Gasteiger partial charge on any atom is 0.314 e. The lowest BCUT2D eigenvalue weighted by Gasteiger charge is -2.30. The molecular formula is C14H15ClO4. The number of benzene rings is 1. The predicted molar refractivity (Wildman–Crippen MR) is 70.2 cm³/mol. The van der Waals surface area contributed by atoms with Crippen molar-refractivity contribution in [2.75, 3.05) is 13.2 Å². The highest BCUT2D eigenvalue weighted by molar-refractivity contribution is 6.32. The van der Waals surface area contributed by atoms with Crippen molar-refractivity contribution >= 4 is 17.6 Å². The molecular weight excluding hydrogens is 268 g/mol. The zero-order chi connectivity index (χ0) is 13.5. The van der Waals surface area contributed by atoms with E-state index in [0.717, 1.165) is 12.8 Å². The third kappa shape index (κ3) is 1.86. The lowest BCUT2D eigenvalue weighted by molar-refractivity contribution is -0.143. The second-order valence-corrected chi connectivity index (χ2v) is 5.45. The molecule has 5 heteroatoms. The monoisotopic (exact) mass is 282 g/mol. The highest BCUT2D eigenvalue weighted by Crippen LogP contribution is 2.51. The smallest absolute Gasteiger partial charge is 0.314 e. The van der Waals surface area contributed by atoms with Gasteiger partial charge in [0.2, 0.25) is 0 Å². The first-order valence-electron chi connectivity index (χ1n) is 6.47. The lowest BCUT2D eigenvalue weighted by Crippen LogP contribution is -2.34. The Morgan fingerprint density at radius 1 is 1.21 bits per heavy atom. The van der Waals surface area contributed by atoms with Crippen LogP contribution < -0.4 is 9.47 Å². The first-order chi connectivity index (χ1) is 9.15. The summed E-state index contributed by atoms with van der Waals surface area (Å²) in [7, 11) is 0. The van der Waals surface area contributed by atoms with E-state index in [1.165, 1.54) is 0 Å². The summed E-state index contributed by atoms with van der Waals surface area (Å²) >= 11 is 6.28. The minimum Gasteiger partial charge on any atom is -0.486 e. The molecule has 1 heterocycles. The Bertz CT molecular complexity index is 520. The molecule has 0 radical (unpaired) electrons. The van der Waals surface area contributed by atoms with Crippen LogP contribution in [0.5, 0.6) is 11.5 Å². The molecule has 3 rings (SSSR count). The Balaban J connectivity index is 2.20. The number of halogens is 1. The van der Waals surface area contributed by atoms with Crippen LogP contribution in [-0.4, -0.2) is 24.3 Å². The second-order valence-electron chi connectivity index (χ2n) is 5.04. The number of carboxylic acids is 1. The van der Waals surface area contributed by atoms with E-state index < -0.39 is 11.4 Å². The summed E-state index contributed by atoms with van der Waals surface area (Å²) in [6.07, 6.45) is 2.99. The summed E-state index contributed by atoms with van der Waals surface area (Å²) in [5.41, 5.74) is -0.334. The Kier molecular flexibility index (Phi) is 3.05. The first-order valence-corrected chi connectivity index (χ1v) is 6.85. The molecule has 102 valence electrons. The van der Waals surface area contributed by atoms with Gasteiger partial charge in [0, 0.05) is 10.6 Å². The van der Waals surface area contributed by atoms with Crippen molar-refractivity contribution in [3.63, 3.8) is 0 Å². The van der Waals surface area contributed by atoms with Crippen molar-refractivity contribution in [1.29, 1.82) is 0 Å². The van der Waals surface area contributed by atoms with Crippen molar-refractivity contribution in [2.45, 2.75) is 31.1 Å². The van der Waals surface area contributed by atoms with E-state index in [-0.39, 0.29) is 0 Å². The van der Waals surface area contributed by atoms with Crippen LogP contribution in [0, 0.1) is 0 Å². The lowest BCUT2D eigenvalue weighted by atomic mass is 9.78. The zero-order valence-corrected chi connectivity index (χ0v) is 11.2. The largest absolute Gasteiger partial charge is 0.486 e. The summed E-state index contributed by atoms with van der Waals surface area (Å²) in [4.78, 5) is 11.8. The third-order valence-electron chi connectivity index (χ3n) is 4.00. The van der Waals surface area contributed by atoms with Gasteiger partial charge >= 0.3 is 5.97 Å². The van der Waals surface area contributed by atoms with Crippen LogP contribution in [0.25, 0.3) is 0 Å². The molecule has 1 saturated carbocycles. The highest BCUT2D eigenvalue weighted by atomic mass is 35.5. The summed E-state index contributed by atoms with van der Waals surface area (Å²) in [6.45, 7) is 0.907. The van der Waals surface area contributed by atoms with Crippen LogP contribution in [0.4, 0.5) is 0 Å². The van der Waals surface area contributed by atoms with Crippen molar-refractivity contribution in [1.82, 2.24) is 0 Å². The molecule has 4 nitrogen and oxygen atoms in total. The van der Waals surface area contributed by atoms with Crippen LogP contribution in [0.15, 0.2) is 12.1 Å². The average Bonchev–Trinajstić information content (AvgIpc) is 2.89. The Morgan fingerprint density at radius 2 is 1.89 bits per heavy atom. The molecule has 1 aromatic carbocycles. The third-order valence-corrected chi connectivity index (χ3v) is 4.32. The summed E-state index contributed by atoms with van der Waals surface area (Å²) < 4.78 is 11.2. The number of hydrogen-bond donors (Lipinski definition) is 1.